The Morgan fingerprint density at radius 1 is 1.07 bits per heavy atom. The summed E-state index contributed by atoms with van der Waals surface area (Å²) in [5.41, 5.74) is 0.592. The van der Waals surface area contributed by atoms with Crippen molar-refractivity contribution in [1.82, 2.24) is 15.1 Å². The second-order valence-corrected chi connectivity index (χ2v) is 11.7. The van der Waals surface area contributed by atoms with Crippen molar-refractivity contribution in [3.8, 4) is 17.2 Å². The Morgan fingerprint density at radius 2 is 1.80 bits per heavy atom. The number of piperidine rings is 1. The third kappa shape index (κ3) is 8.43. The number of nitrogens with one attached hydrogen (secondary N) is 1. The zero-order valence-electron chi connectivity index (χ0n) is 24.5. The molecule has 2 aliphatic rings. The summed E-state index contributed by atoms with van der Waals surface area (Å²) in [5, 5.41) is 11.5. The molecule has 0 atom stereocenters. The Hall–Kier alpha value is -3.14. The van der Waals surface area contributed by atoms with Crippen LogP contribution < -0.4 is 15.0 Å². The molecule has 1 aromatic carbocycles. The van der Waals surface area contributed by atoms with E-state index in [1.165, 1.54) is 30.6 Å². The molecule has 0 spiro atoms. The van der Waals surface area contributed by atoms with Gasteiger partial charge in [-0.25, -0.2) is 9.69 Å². The van der Waals surface area contributed by atoms with Crippen LogP contribution in [0.2, 0.25) is 0 Å². The largest absolute Gasteiger partial charge is 0.493 e. The maximum absolute atomic E-state index is 13.1. The number of aromatic nitrogens is 2. The third-order valence-corrected chi connectivity index (χ3v) is 7.32. The molecule has 1 saturated carbocycles. The number of carbonyl (C=O) groups is 2. The molecular weight excluding hydrogens is 510 g/mol. The molecule has 40 heavy (non-hydrogen) atoms. The van der Waals surface area contributed by atoms with E-state index in [9.17, 15) is 9.59 Å². The minimum Gasteiger partial charge on any atom is -0.493 e. The summed E-state index contributed by atoms with van der Waals surface area (Å²) in [7, 11) is 0. The fourth-order valence-electron chi connectivity index (χ4n) is 5.31. The summed E-state index contributed by atoms with van der Waals surface area (Å²) >= 11 is 0. The maximum Gasteiger partial charge on any atom is 0.418 e. The van der Waals surface area contributed by atoms with Gasteiger partial charge in [0.05, 0.1) is 12.2 Å². The van der Waals surface area contributed by atoms with E-state index in [0.29, 0.717) is 30.2 Å². The van der Waals surface area contributed by atoms with Crippen molar-refractivity contribution in [3.05, 3.63) is 18.2 Å². The summed E-state index contributed by atoms with van der Waals surface area (Å²) in [6, 6.07) is 5.48. The number of hydrogen-bond donors (Lipinski definition) is 1. The first-order chi connectivity index (χ1) is 19.2. The predicted octanol–water partition coefficient (Wildman–Crippen LogP) is 6.27. The fourth-order valence-corrected chi connectivity index (χ4v) is 5.31. The molecule has 0 bridgehead atoms. The lowest BCUT2D eigenvalue weighted by atomic mass is 9.88. The van der Waals surface area contributed by atoms with Crippen molar-refractivity contribution >= 4 is 23.7 Å². The Kier molecular flexibility index (Phi) is 10.4. The lowest BCUT2D eigenvalue weighted by Crippen LogP contribution is -2.39. The van der Waals surface area contributed by atoms with E-state index in [1.807, 2.05) is 33.8 Å². The van der Waals surface area contributed by atoms with Gasteiger partial charge in [0.15, 0.2) is 0 Å². The van der Waals surface area contributed by atoms with E-state index in [4.69, 9.17) is 13.9 Å². The van der Waals surface area contributed by atoms with Crippen LogP contribution in [0.1, 0.15) is 85.5 Å². The normalized spacial score (nSPS) is 16.9. The number of hydrogen-bond acceptors (Lipinski definition) is 8. The van der Waals surface area contributed by atoms with Crippen molar-refractivity contribution in [2.24, 2.45) is 5.92 Å². The molecule has 4 rings (SSSR count). The number of likely N-dealkylation sites (tertiary alicyclic amines) is 1. The molecule has 10 nitrogen and oxygen atoms in total. The SMILES string of the molecule is CCOc1cc(NC(=O)C2CCCCC2)ccc1-c1nnc(N(CCCN2CCCCC2)C(=O)OC(C)(C)C)o1. The standard InChI is InChI=1S/C30H45N5O5/c1-5-38-25-21-23(31-26(36)22-13-8-6-9-14-22)15-16-24(25)27-32-33-28(39-27)35(29(37)40-30(2,3)4)20-12-19-34-17-10-7-11-18-34/h15-16,21-22H,5-14,17-20H2,1-4H3,(H,31,36). The molecule has 10 heteroatoms. The second-order valence-electron chi connectivity index (χ2n) is 11.7. The van der Waals surface area contributed by atoms with Crippen LogP contribution in [0.25, 0.3) is 11.5 Å². The second kappa shape index (κ2) is 14.0. The molecule has 2 fully saturated rings. The van der Waals surface area contributed by atoms with E-state index in [0.717, 1.165) is 51.7 Å². The van der Waals surface area contributed by atoms with Gasteiger partial charge >= 0.3 is 12.1 Å². The summed E-state index contributed by atoms with van der Waals surface area (Å²) in [5.74, 6) is 0.852. The van der Waals surface area contributed by atoms with Gasteiger partial charge in [0, 0.05) is 24.2 Å². The van der Waals surface area contributed by atoms with Crippen LogP contribution >= 0.6 is 0 Å². The first kappa shape index (κ1) is 29.8. The number of benzene rings is 1. The number of anilines is 2. The number of rotatable bonds is 10. The molecule has 1 aromatic heterocycles. The van der Waals surface area contributed by atoms with Crippen LogP contribution in [0, 0.1) is 5.92 Å². The van der Waals surface area contributed by atoms with Gasteiger partial charge in [-0.2, -0.15) is 0 Å². The van der Waals surface area contributed by atoms with Gasteiger partial charge in [-0.15, -0.1) is 5.10 Å². The van der Waals surface area contributed by atoms with Gasteiger partial charge in [-0.3, -0.25) is 4.79 Å². The van der Waals surface area contributed by atoms with Crippen molar-refractivity contribution in [2.45, 2.75) is 91.1 Å². The molecule has 220 valence electrons. The monoisotopic (exact) mass is 555 g/mol. The molecule has 1 aliphatic carbocycles. The minimum absolute atomic E-state index is 0.0486. The van der Waals surface area contributed by atoms with Crippen molar-refractivity contribution < 1.29 is 23.5 Å². The van der Waals surface area contributed by atoms with Crippen molar-refractivity contribution in [2.75, 3.05) is 43.0 Å². The number of nitrogens with zero attached hydrogens (tertiary/aromatic N) is 4. The average Bonchev–Trinajstić information content (AvgIpc) is 3.41. The Bertz CT molecular complexity index is 1120. The van der Waals surface area contributed by atoms with Crippen molar-refractivity contribution in [1.29, 1.82) is 0 Å². The van der Waals surface area contributed by atoms with Gasteiger partial charge in [0.1, 0.15) is 11.4 Å². The summed E-state index contributed by atoms with van der Waals surface area (Å²) < 4.78 is 17.6. The Labute approximate surface area is 237 Å². The summed E-state index contributed by atoms with van der Waals surface area (Å²) in [6.07, 6.45) is 9.20. The Balaban J connectivity index is 1.50. The average molecular weight is 556 g/mol. The van der Waals surface area contributed by atoms with Gasteiger partial charge in [-0.1, -0.05) is 30.8 Å². The molecule has 0 radical (unpaired) electrons. The first-order valence-electron chi connectivity index (χ1n) is 14.9. The van der Waals surface area contributed by atoms with Crippen LogP contribution in [0.15, 0.2) is 22.6 Å². The summed E-state index contributed by atoms with van der Waals surface area (Å²) in [4.78, 5) is 29.8. The molecule has 1 aliphatic heterocycles. The van der Waals surface area contributed by atoms with Crippen molar-refractivity contribution in [3.63, 3.8) is 0 Å². The van der Waals surface area contributed by atoms with Gasteiger partial charge in [0.2, 0.25) is 5.91 Å². The van der Waals surface area contributed by atoms with Crippen LogP contribution in [-0.2, 0) is 9.53 Å². The topological polar surface area (TPSA) is 110 Å². The molecule has 1 saturated heterocycles. The molecule has 0 unspecified atom stereocenters. The lowest BCUT2D eigenvalue weighted by Gasteiger charge is -2.28. The van der Waals surface area contributed by atoms with Gasteiger partial charge in [-0.05, 0) is 91.6 Å². The zero-order valence-corrected chi connectivity index (χ0v) is 24.5. The number of carbonyl (C=O) groups excluding carboxylic acids is 2. The van der Waals surface area contributed by atoms with Crippen LogP contribution in [-0.4, -0.2) is 65.5 Å². The quantitative estimate of drug-likeness (QED) is 0.365. The highest BCUT2D eigenvalue weighted by Gasteiger charge is 2.28. The van der Waals surface area contributed by atoms with E-state index in [1.54, 1.807) is 12.1 Å². The van der Waals surface area contributed by atoms with E-state index in [2.05, 4.69) is 20.4 Å². The molecule has 2 amide bonds. The maximum atomic E-state index is 13.1. The highest BCUT2D eigenvalue weighted by atomic mass is 16.6. The highest BCUT2D eigenvalue weighted by molar-refractivity contribution is 5.93. The predicted molar refractivity (Wildman–Crippen MR) is 155 cm³/mol. The molecule has 2 aromatic rings. The van der Waals surface area contributed by atoms with E-state index >= 15 is 0 Å². The van der Waals surface area contributed by atoms with Gasteiger partial charge < -0.3 is 24.1 Å². The molecular formula is C30H45N5O5. The minimum atomic E-state index is -0.662. The lowest BCUT2D eigenvalue weighted by molar-refractivity contribution is -0.120. The van der Waals surface area contributed by atoms with Gasteiger partial charge in [0.25, 0.3) is 5.89 Å². The molecule has 2 heterocycles. The van der Waals surface area contributed by atoms with Crippen LogP contribution in [0.4, 0.5) is 16.5 Å². The zero-order chi connectivity index (χ0) is 28.5. The summed E-state index contributed by atoms with van der Waals surface area (Å²) in [6.45, 7) is 11.3. The first-order valence-corrected chi connectivity index (χ1v) is 14.9. The Morgan fingerprint density at radius 3 is 2.50 bits per heavy atom. The van der Waals surface area contributed by atoms with E-state index in [-0.39, 0.29) is 23.7 Å². The van der Waals surface area contributed by atoms with E-state index < -0.39 is 11.7 Å². The third-order valence-electron chi connectivity index (χ3n) is 7.32. The van der Waals surface area contributed by atoms with Crippen LogP contribution in [0.3, 0.4) is 0 Å². The smallest absolute Gasteiger partial charge is 0.418 e. The van der Waals surface area contributed by atoms with Crippen LogP contribution in [0.5, 0.6) is 5.75 Å². The number of amides is 2. The fraction of sp³-hybridized carbons (Fsp3) is 0.667. The number of ether oxygens (including phenoxy) is 2. The molecule has 1 N–H and O–H groups in total. The highest BCUT2D eigenvalue weighted by Crippen LogP contribution is 2.34.